The van der Waals surface area contributed by atoms with E-state index in [1.165, 1.54) is 13.0 Å². The second-order valence-corrected chi connectivity index (χ2v) is 3.34. The van der Waals surface area contributed by atoms with Gasteiger partial charge in [-0.05, 0) is 11.5 Å². The monoisotopic (exact) mass is 200 g/mol. The average Bonchev–Trinajstić information content (AvgIpc) is 2.22. The molecule has 0 bridgehead atoms. The van der Waals surface area contributed by atoms with Crippen molar-refractivity contribution in [2.24, 2.45) is 0 Å². The fourth-order valence-electron chi connectivity index (χ4n) is 1.56. The van der Waals surface area contributed by atoms with Crippen LogP contribution < -0.4 is 5.32 Å². The lowest BCUT2D eigenvalue weighted by Gasteiger charge is -2.07. The molecule has 15 heavy (non-hydrogen) atoms. The smallest absolute Gasteiger partial charge is 0.221 e. The van der Waals surface area contributed by atoms with Gasteiger partial charge in [0.25, 0.3) is 0 Å². The van der Waals surface area contributed by atoms with Gasteiger partial charge in [0.2, 0.25) is 11.7 Å². The first-order valence-corrected chi connectivity index (χ1v) is 4.65. The highest BCUT2D eigenvalue weighted by molar-refractivity contribution is 6.03. The van der Waals surface area contributed by atoms with E-state index in [1.807, 2.05) is 24.3 Å². The molecule has 2 aromatic rings. The Morgan fingerprint density at radius 3 is 2.60 bits per heavy atom. The predicted molar refractivity (Wildman–Crippen MR) is 58.4 cm³/mol. The molecule has 2 rings (SSSR count). The van der Waals surface area contributed by atoms with E-state index in [1.54, 1.807) is 6.07 Å². The van der Waals surface area contributed by atoms with E-state index in [0.717, 1.165) is 10.8 Å². The van der Waals surface area contributed by atoms with Crippen LogP contribution in [0.4, 0.5) is 5.69 Å². The molecule has 0 saturated heterocycles. The van der Waals surface area contributed by atoms with Crippen LogP contribution in [0.15, 0.2) is 36.4 Å². The Morgan fingerprint density at radius 1 is 1.13 bits per heavy atom. The van der Waals surface area contributed by atoms with E-state index in [2.05, 4.69) is 5.32 Å². The first kappa shape index (κ1) is 9.52. The quantitative estimate of drug-likeness (QED) is 0.755. The van der Waals surface area contributed by atoms with Crippen molar-refractivity contribution in [3.8, 4) is 5.75 Å². The molecule has 0 aromatic heterocycles. The van der Waals surface area contributed by atoms with Crippen molar-refractivity contribution in [1.29, 1.82) is 0 Å². The molecule has 0 saturated carbocycles. The molecule has 1 amide bonds. The van der Waals surface area contributed by atoms with Gasteiger partial charge in [-0.3, -0.25) is 9.90 Å². The lowest BCUT2D eigenvalue weighted by atomic mass is 10.1. The summed E-state index contributed by atoms with van der Waals surface area (Å²) in [6.45, 7) is 1.39. The first-order chi connectivity index (χ1) is 7.18. The number of nitrogens with one attached hydrogen (secondary N) is 1. The lowest BCUT2D eigenvalue weighted by Crippen LogP contribution is -2.06. The fourth-order valence-corrected chi connectivity index (χ4v) is 1.56. The van der Waals surface area contributed by atoms with Crippen molar-refractivity contribution in [3.05, 3.63) is 36.4 Å². The molecule has 1 N–H and O–H groups in total. The van der Waals surface area contributed by atoms with Crippen LogP contribution in [0.1, 0.15) is 6.92 Å². The summed E-state index contributed by atoms with van der Waals surface area (Å²) in [5, 5.41) is 15.8. The molecular weight excluding hydrogens is 190 g/mol. The van der Waals surface area contributed by atoms with Crippen molar-refractivity contribution < 1.29 is 9.90 Å². The summed E-state index contributed by atoms with van der Waals surface area (Å²) in [5.74, 6) is -0.396. The summed E-state index contributed by atoms with van der Waals surface area (Å²) in [6.07, 6.45) is 0. The zero-order valence-electron chi connectivity index (χ0n) is 8.28. The van der Waals surface area contributed by atoms with Crippen LogP contribution in [0.25, 0.3) is 10.8 Å². The summed E-state index contributed by atoms with van der Waals surface area (Å²) in [4.78, 5) is 11.0. The van der Waals surface area contributed by atoms with Gasteiger partial charge in [0.05, 0.1) is 5.69 Å². The van der Waals surface area contributed by atoms with E-state index in [0.29, 0.717) is 5.69 Å². The van der Waals surface area contributed by atoms with Gasteiger partial charge in [0.1, 0.15) is 0 Å². The summed E-state index contributed by atoms with van der Waals surface area (Å²) < 4.78 is 0. The topological polar surface area (TPSA) is 49.0 Å². The fraction of sp³-hybridized carbons (Fsp3) is 0.0833. The molecule has 3 heteroatoms. The number of rotatable bonds is 1. The van der Waals surface area contributed by atoms with Crippen molar-refractivity contribution in [1.82, 2.24) is 0 Å². The molecule has 0 aliphatic rings. The minimum absolute atomic E-state index is 0.163. The largest absolute Gasteiger partial charge is 0.323 e. The van der Waals surface area contributed by atoms with Crippen molar-refractivity contribution in [2.75, 3.05) is 5.32 Å². The third kappa shape index (κ3) is 1.76. The molecule has 0 fully saturated rings. The third-order valence-electron chi connectivity index (χ3n) is 2.19. The number of carbonyl (C=O) groups excluding carboxylic acids is 1. The molecule has 3 nitrogen and oxygen atoms in total. The van der Waals surface area contributed by atoms with Gasteiger partial charge in [-0.1, -0.05) is 30.3 Å². The van der Waals surface area contributed by atoms with Gasteiger partial charge in [0, 0.05) is 12.3 Å². The van der Waals surface area contributed by atoms with Crippen molar-refractivity contribution >= 4 is 22.4 Å². The highest BCUT2D eigenvalue weighted by Gasteiger charge is 2.08. The summed E-state index contributed by atoms with van der Waals surface area (Å²) in [5.41, 5.74) is 0.362. The summed E-state index contributed by atoms with van der Waals surface area (Å²) in [6, 6.07) is 10.7. The summed E-state index contributed by atoms with van der Waals surface area (Å²) >= 11 is 0. The van der Waals surface area contributed by atoms with E-state index in [9.17, 15) is 9.90 Å². The third-order valence-corrected chi connectivity index (χ3v) is 2.19. The zero-order valence-corrected chi connectivity index (χ0v) is 8.28. The maximum atomic E-state index is 11.6. The van der Waals surface area contributed by atoms with E-state index >= 15 is 0 Å². The predicted octanol–water partition coefficient (Wildman–Crippen LogP) is 2.94. The Kier molecular flexibility index (Phi) is 2.29. The second-order valence-electron chi connectivity index (χ2n) is 3.34. The molecule has 0 aliphatic carbocycles. The van der Waals surface area contributed by atoms with Gasteiger partial charge < -0.3 is 5.32 Å². The Morgan fingerprint density at radius 2 is 1.87 bits per heavy atom. The number of benzene rings is 2. The number of anilines is 1. The minimum Gasteiger partial charge on any atom is -0.323 e. The average molecular weight is 200 g/mol. The molecule has 2 aromatic carbocycles. The second kappa shape index (κ2) is 3.61. The van der Waals surface area contributed by atoms with Gasteiger partial charge in [-0.2, -0.15) is 0 Å². The van der Waals surface area contributed by atoms with Crippen LogP contribution in [-0.4, -0.2) is 5.91 Å². The summed E-state index contributed by atoms with van der Waals surface area (Å²) in [7, 11) is 0. The first-order valence-electron chi connectivity index (χ1n) is 4.65. The Bertz CT molecular complexity index is 520. The number of hydrogen-bond donors (Lipinski definition) is 1. The maximum absolute atomic E-state index is 11.6. The molecule has 0 atom stereocenters. The van der Waals surface area contributed by atoms with E-state index < -0.39 is 0 Å². The van der Waals surface area contributed by atoms with E-state index in [4.69, 9.17) is 0 Å². The maximum Gasteiger partial charge on any atom is 0.221 e. The Labute approximate surface area is 87.3 Å². The van der Waals surface area contributed by atoms with Crippen molar-refractivity contribution in [2.45, 2.75) is 6.92 Å². The molecule has 1 radical (unpaired) electrons. The van der Waals surface area contributed by atoms with Crippen molar-refractivity contribution in [3.63, 3.8) is 0 Å². The highest BCUT2D eigenvalue weighted by atomic mass is 16.3. The van der Waals surface area contributed by atoms with Crippen LogP contribution in [0.5, 0.6) is 5.75 Å². The normalized spacial score (nSPS) is 10.2. The Hall–Kier alpha value is -2.03. The molecule has 0 aliphatic heterocycles. The minimum atomic E-state index is -0.233. The van der Waals surface area contributed by atoms with Gasteiger partial charge in [-0.15, -0.1) is 0 Å². The number of fused-ring (bicyclic) bond motifs is 1. The molecule has 0 heterocycles. The Balaban J connectivity index is 2.68. The van der Waals surface area contributed by atoms with Crippen LogP contribution in [-0.2, 0) is 9.90 Å². The van der Waals surface area contributed by atoms with Gasteiger partial charge in [-0.25, -0.2) is 0 Å². The zero-order chi connectivity index (χ0) is 10.8. The number of amides is 1. The van der Waals surface area contributed by atoms with Crippen LogP contribution >= 0.6 is 0 Å². The van der Waals surface area contributed by atoms with Crippen LogP contribution in [0.3, 0.4) is 0 Å². The van der Waals surface area contributed by atoms with Gasteiger partial charge >= 0.3 is 0 Å². The lowest BCUT2D eigenvalue weighted by molar-refractivity contribution is -0.114. The standard InChI is InChI=1S/C12H10NO2/c1-8(14)13-12-10-5-3-2-4-9(10)6-7-11(12)15/h2-7H,1H3,(H,13,14). The van der Waals surface area contributed by atoms with Gasteiger partial charge in [0.15, 0.2) is 0 Å². The molecule has 75 valence electrons. The number of carbonyl (C=O) groups is 1. The van der Waals surface area contributed by atoms with Crippen LogP contribution in [0, 0.1) is 0 Å². The van der Waals surface area contributed by atoms with Crippen LogP contribution in [0.2, 0.25) is 0 Å². The molecular formula is C12H10NO2. The molecule has 0 spiro atoms. The number of hydrogen-bond acceptors (Lipinski definition) is 1. The SMILES string of the molecule is CC(=O)Nc1c([O])ccc2ccccc12. The van der Waals surface area contributed by atoms with E-state index in [-0.39, 0.29) is 11.7 Å². The molecule has 0 unspecified atom stereocenters. The highest BCUT2D eigenvalue weighted by Crippen LogP contribution is 2.32.